The zero-order valence-corrected chi connectivity index (χ0v) is 23.1. The lowest BCUT2D eigenvalue weighted by Gasteiger charge is -2.39. The summed E-state index contributed by atoms with van der Waals surface area (Å²) < 4.78 is 0. The Labute approximate surface area is 219 Å². The molecule has 0 atom stereocenters. The number of hydrogen-bond acceptors (Lipinski definition) is 1. The molecule has 1 nitrogen and oxygen atoms in total. The SMILES string of the molecule is CC.[B]c1cc(C)c2c(c1)N(c1cccc3ccccc13)c1ccc(C(C)(C)C)cc1B2/C(C)=C/C. The van der Waals surface area contributed by atoms with Crippen molar-refractivity contribution >= 4 is 58.8 Å². The molecule has 4 aromatic carbocycles. The predicted octanol–water partition coefficient (Wildman–Crippen LogP) is 7.16. The Kier molecular flexibility index (Phi) is 7.23. The maximum atomic E-state index is 6.45. The Morgan fingerprint density at radius 2 is 1.56 bits per heavy atom. The topological polar surface area (TPSA) is 3.24 Å². The van der Waals surface area contributed by atoms with Crippen molar-refractivity contribution in [3.05, 3.63) is 95.5 Å². The minimum absolute atomic E-state index is 0.0735. The molecule has 0 aromatic heterocycles. The van der Waals surface area contributed by atoms with Gasteiger partial charge in [0.05, 0.1) is 5.69 Å². The molecule has 3 heteroatoms. The highest BCUT2D eigenvalue weighted by Crippen LogP contribution is 2.41. The van der Waals surface area contributed by atoms with E-state index in [0.29, 0.717) is 0 Å². The van der Waals surface area contributed by atoms with Crippen LogP contribution < -0.4 is 21.3 Å². The Morgan fingerprint density at radius 3 is 2.25 bits per heavy atom. The van der Waals surface area contributed by atoms with Crippen LogP contribution in [0.5, 0.6) is 0 Å². The lowest BCUT2D eigenvalue weighted by molar-refractivity contribution is 0.591. The Bertz CT molecular complexity index is 1440. The number of rotatable bonds is 2. The minimum atomic E-state index is 0.0735. The standard InChI is InChI=1S/C31H31B2N.C2H6/c1-7-21(3)33-26-18-23(31(4,5)6)15-16-28(26)34(29-19-24(32)17-20(2)30(29)33)27-14-10-12-22-11-8-9-13-25(22)27;1-2/h7-19H,1-6H3;1-2H3/b21-7+;. The molecule has 2 radical (unpaired) electrons. The van der Waals surface area contributed by atoms with Gasteiger partial charge in [-0.25, -0.2) is 0 Å². The predicted molar refractivity (Wildman–Crippen MR) is 163 cm³/mol. The monoisotopic (exact) mass is 469 g/mol. The second kappa shape index (κ2) is 10.1. The molecule has 0 saturated carbocycles. The number of allylic oxidation sites excluding steroid dienone is 2. The van der Waals surface area contributed by atoms with Crippen LogP contribution >= 0.6 is 0 Å². The maximum absolute atomic E-state index is 6.45. The van der Waals surface area contributed by atoms with Gasteiger partial charge < -0.3 is 4.90 Å². The van der Waals surface area contributed by atoms with E-state index in [9.17, 15) is 0 Å². The molecule has 36 heavy (non-hydrogen) atoms. The van der Waals surface area contributed by atoms with E-state index in [4.69, 9.17) is 7.85 Å². The van der Waals surface area contributed by atoms with Crippen LogP contribution in [0.15, 0.2) is 84.3 Å². The van der Waals surface area contributed by atoms with E-state index in [-0.39, 0.29) is 12.1 Å². The molecule has 0 N–H and O–H groups in total. The summed E-state index contributed by atoms with van der Waals surface area (Å²) in [7, 11) is 6.45. The van der Waals surface area contributed by atoms with E-state index < -0.39 is 0 Å². The second-order valence-electron chi connectivity index (χ2n) is 10.6. The number of nitrogens with zero attached hydrogens (tertiary/aromatic N) is 1. The fourth-order valence-corrected chi connectivity index (χ4v) is 5.41. The van der Waals surface area contributed by atoms with Crippen LogP contribution in [-0.4, -0.2) is 14.6 Å². The Morgan fingerprint density at radius 1 is 0.861 bits per heavy atom. The molecule has 0 saturated heterocycles. The third kappa shape index (κ3) is 4.41. The molecular formula is C33H37B2N. The van der Waals surface area contributed by atoms with Gasteiger partial charge in [-0.15, -0.1) is 0 Å². The minimum Gasteiger partial charge on any atom is -0.311 e. The molecule has 0 fully saturated rings. The fourth-order valence-electron chi connectivity index (χ4n) is 5.41. The molecule has 4 aromatic rings. The number of anilines is 3. The molecule has 1 aliphatic heterocycles. The molecule has 0 amide bonds. The fraction of sp³-hybridized carbons (Fsp3) is 0.273. The molecular weight excluding hydrogens is 432 g/mol. The third-order valence-electron chi connectivity index (χ3n) is 7.28. The molecule has 1 heterocycles. The van der Waals surface area contributed by atoms with E-state index >= 15 is 0 Å². The molecule has 0 aliphatic carbocycles. The first-order valence-electron chi connectivity index (χ1n) is 13.2. The molecule has 0 unspecified atom stereocenters. The highest BCUT2D eigenvalue weighted by molar-refractivity contribution is 6.93. The lowest BCUT2D eigenvalue weighted by atomic mass is 9.34. The van der Waals surface area contributed by atoms with Crippen LogP contribution in [0.4, 0.5) is 17.1 Å². The van der Waals surface area contributed by atoms with Gasteiger partial charge in [-0.2, -0.15) is 0 Å². The molecule has 0 bridgehead atoms. The van der Waals surface area contributed by atoms with Gasteiger partial charge in [0.1, 0.15) is 7.85 Å². The third-order valence-corrected chi connectivity index (χ3v) is 7.28. The van der Waals surface area contributed by atoms with Crippen molar-refractivity contribution in [2.24, 2.45) is 0 Å². The van der Waals surface area contributed by atoms with Gasteiger partial charge in [0, 0.05) is 16.8 Å². The van der Waals surface area contributed by atoms with Gasteiger partial charge in [0.15, 0.2) is 0 Å². The van der Waals surface area contributed by atoms with Gasteiger partial charge in [-0.3, -0.25) is 0 Å². The average molecular weight is 469 g/mol. The van der Waals surface area contributed by atoms with E-state index in [1.165, 1.54) is 55.4 Å². The quantitative estimate of drug-likeness (QED) is 0.282. The number of hydrogen-bond donors (Lipinski definition) is 0. The first-order chi connectivity index (χ1) is 17.2. The normalized spacial score (nSPS) is 13.2. The maximum Gasteiger partial charge on any atom is 0.242 e. The largest absolute Gasteiger partial charge is 0.311 e. The van der Waals surface area contributed by atoms with Crippen LogP contribution in [0.1, 0.15) is 59.6 Å². The van der Waals surface area contributed by atoms with Gasteiger partial charge in [-0.1, -0.05) is 119 Å². The summed E-state index contributed by atoms with van der Waals surface area (Å²) in [6, 6.07) is 26.5. The van der Waals surface area contributed by atoms with Crippen molar-refractivity contribution in [2.45, 2.75) is 60.8 Å². The first-order valence-corrected chi connectivity index (χ1v) is 13.2. The number of fused-ring (bicyclic) bond motifs is 3. The van der Waals surface area contributed by atoms with Crippen LogP contribution in [0.3, 0.4) is 0 Å². The van der Waals surface area contributed by atoms with E-state index in [0.717, 1.165) is 5.46 Å². The van der Waals surface area contributed by atoms with Gasteiger partial charge in [0.25, 0.3) is 0 Å². The smallest absolute Gasteiger partial charge is 0.242 e. The van der Waals surface area contributed by atoms with Crippen molar-refractivity contribution < 1.29 is 0 Å². The van der Waals surface area contributed by atoms with Gasteiger partial charge >= 0.3 is 0 Å². The van der Waals surface area contributed by atoms with Gasteiger partial charge in [-0.05, 0) is 59.3 Å². The van der Waals surface area contributed by atoms with Crippen LogP contribution in [-0.2, 0) is 5.41 Å². The summed E-state index contributed by atoms with van der Waals surface area (Å²) in [5.41, 5.74) is 11.1. The number of benzene rings is 4. The van der Waals surface area contributed by atoms with Crippen molar-refractivity contribution in [3.63, 3.8) is 0 Å². The molecule has 1 aliphatic rings. The Balaban J connectivity index is 0.00000148. The highest BCUT2D eigenvalue weighted by Gasteiger charge is 2.37. The summed E-state index contributed by atoms with van der Waals surface area (Å²) in [4.78, 5) is 2.43. The van der Waals surface area contributed by atoms with Gasteiger partial charge in [0.2, 0.25) is 6.71 Å². The summed E-state index contributed by atoms with van der Waals surface area (Å²) in [5, 5.41) is 2.48. The van der Waals surface area contributed by atoms with Crippen LogP contribution in [0.2, 0.25) is 0 Å². The lowest BCUT2D eigenvalue weighted by Crippen LogP contribution is -2.53. The number of aryl methyl sites for hydroxylation is 1. The summed E-state index contributed by atoms with van der Waals surface area (Å²) in [6.07, 6.45) is 2.26. The average Bonchev–Trinajstić information content (AvgIpc) is 2.87. The summed E-state index contributed by atoms with van der Waals surface area (Å²) in [5.74, 6) is 0. The van der Waals surface area contributed by atoms with Crippen molar-refractivity contribution in [1.82, 2.24) is 0 Å². The van der Waals surface area contributed by atoms with Crippen molar-refractivity contribution in [2.75, 3.05) is 4.90 Å². The summed E-state index contributed by atoms with van der Waals surface area (Å²) in [6.45, 7) is 17.7. The van der Waals surface area contributed by atoms with E-state index in [2.05, 4.69) is 125 Å². The van der Waals surface area contributed by atoms with E-state index in [1.54, 1.807) is 0 Å². The van der Waals surface area contributed by atoms with Crippen molar-refractivity contribution in [3.8, 4) is 0 Å². The molecule has 0 spiro atoms. The zero-order valence-electron chi connectivity index (χ0n) is 23.1. The molecule has 5 rings (SSSR count). The van der Waals surface area contributed by atoms with Crippen molar-refractivity contribution in [1.29, 1.82) is 0 Å². The first kappa shape index (κ1) is 25.9. The van der Waals surface area contributed by atoms with E-state index in [1.807, 2.05) is 13.8 Å². The van der Waals surface area contributed by atoms with Crippen LogP contribution in [0, 0.1) is 6.92 Å². The summed E-state index contributed by atoms with van der Waals surface area (Å²) >= 11 is 0. The zero-order chi connectivity index (χ0) is 26.2. The molecule has 180 valence electrons. The second-order valence-corrected chi connectivity index (χ2v) is 10.6. The Hall–Kier alpha value is -3.19. The highest BCUT2D eigenvalue weighted by atomic mass is 15.2. The van der Waals surface area contributed by atoms with Crippen LogP contribution in [0.25, 0.3) is 10.8 Å².